The molecule has 0 aromatic carbocycles. The van der Waals surface area contributed by atoms with Crippen LogP contribution < -0.4 is 5.32 Å². The van der Waals surface area contributed by atoms with Crippen LogP contribution in [-0.2, 0) is 4.74 Å². The fraction of sp³-hybridized carbons (Fsp3) is 0.923. The molecule has 0 radical (unpaired) electrons. The zero-order valence-electron chi connectivity index (χ0n) is 11.0. The maximum atomic E-state index is 9.20. The molecule has 0 spiro atoms. The second kappa shape index (κ2) is 7.97. The second-order valence-electron chi connectivity index (χ2n) is 4.92. The summed E-state index contributed by atoms with van der Waals surface area (Å²) in [5, 5.41) is 12.6. The number of ether oxygens (including phenoxy) is 1. The Kier molecular flexibility index (Phi) is 6.94. The zero-order valence-corrected chi connectivity index (χ0v) is 11.8. The summed E-state index contributed by atoms with van der Waals surface area (Å²) in [6, 6.07) is 3.03. The van der Waals surface area contributed by atoms with Gasteiger partial charge in [0.05, 0.1) is 6.07 Å². The van der Waals surface area contributed by atoms with E-state index in [-0.39, 0.29) is 5.54 Å². The van der Waals surface area contributed by atoms with Gasteiger partial charge in [-0.2, -0.15) is 17.0 Å². The van der Waals surface area contributed by atoms with Crippen molar-refractivity contribution in [2.24, 2.45) is 0 Å². The van der Waals surface area contributed by atoms with Gasteiger partial charge in [0.25, 0.3) is 0 Å². The third-order valence-corrected chi connectivity index (χ3v) is 4.10. The Morgan fingerprint density at radius 1 is 1.41 bits per heavy atom. The number of hydrogen-bond donors (Lipinski definition) is 1. The maximum absolute atomic E-state index is 9.20. The minimum atomic E-state index is -0.311. The van der Waals surface area contributed by atoms with E-state index in [1.165, 1.54) is 12.8 Å². The van der Waals surface area contributed by atoms with Crippen LogP contribution in [0.2, 0.25) is 0 Å². The van der Waals surface area contributed by atoms with Crippen molar-refractivity contribution in [3.63, 3.8) is 0 Å². The lowest BCUT2D eigenvalue weighted by Gasteiger charge is -2.23. The number of nitrogens with zero attached hydrogens (tertiary/aromatic N) is 1. The summed E-state index contributed by atoms with van der Waals surface area (Å²) < 4.78 is 5.00. The molecule has 0 amide bonds. The van der Waals surface area contributed by atoms with Crippen molar-refractivity contribution < 1.29 is 4.74 Å². The van der Waals surface area contributed by atoms with E-state index in [9.17, 15) is 5.26 Å². The molecule has 1 aliphatic carbocycles. The van der Waals surface area contributed by atoms with Crippen LogP contribution in [-0.4, -0.2) is 36.8 Å². The fourth-order valence-electron chi connectivity index (χ4n) is 1.77. The Labute approximate surface area is 109 Å². The lowest BCUT2D eigenvalue weighted by molar-refractivity contribution is 0.200. The first-order valence-electron chi connectivity index (χ1n) is 6.46. The summed E-state index contributed by atoms with van der Waals surface area (Å²) in [4.78, 5) is 0. The molecule has 1 atom stereocenters. The molecule has 4 heteroatoms. The summed E-state index contributed by atoms with van der Waals surface area (Å²) in [7, 11) is 1.74. The third kappa shape index (κ3) is 6.92. The van der Waals surface area contributed by atoms with Gasteiger partial charge in [0, 0.05) is 19.8 Å². The topological polar surface area (TPSA) is 45.0 Å². The molecule has 1 unspecified atom stereocenters. The molecule has 98 valence electrons. The highest BCUT2D eigenvalue weighted by molar-refractivity contribution is 7.99. The maximum Gasteiger partial charge on any atom is 0.104 e. The smallest absolute Gasteiger partial charge is 0.104 e. The number of thioether (sulfide) groups is 1. The number of nitrogens with one attached hydrogen (secondary N) is 1. The Hall–Kier alpha value is -0.240. The molecule has 1 aliphatic rings. The average molecular weight is 256 g/mol. The first kappa shape index (κ1) is 14.8. The minimum absolute atomic E-state index is 0.311. The van der Waals surface area contributed by atoms with Gasteiger partial charge in [-0.1, -0.05) is 0 Å². The van der Waals surface area contributed by atoms with Crippen LogP contribution in [0.4, 0.5) is 0 Å². The lowest BCUT2D eigenvalue weighted by atomic mass is 9.98. The van der Waals surface area contributed by atoms with Crippen molar-refractivity contribution in [1.82, 2.24) is 5.32 Å². The van der Waals surface area contributed by atoms with Crippen molar-refractivity contribution in [3.05, 3.63) is 0 Å². The molecule has 17 heavy (non-hydrogen) atoms. The van der Waals surface area contributed by atoms with E-state index in [2.05, 4.69) is 11.4 Å². The molecular formula is C13H24N2OS. The normalized spacial score (nSPS) is 18.6. The molecule has 0 saturated heterocycles. The highest BCUT2D eigenvalue weighted by atomic mass is 32.2. The van der Waals surface area contributed by atoms with Gasteiger partial charge in [-0.3, -0.25) is 5.32 Å². The van der Waals surface area contributed by atoms with E-state index >= 15 is 0 Å². The van der Waals surface area contributed by atoms with Crippen LogP contribution >= 0.6 is 11.8 Å². The second-order valence-corrected chi connectivity index (χ2v) is 6.15. The SMILES string of the molecule is COCCCSCCCC(C)(C#N)NC1CC1. The van der Waals surface area contributed by atoms with Crippen LogP contribution in [0, 0.1) is 11.3 Å². The highest BCUT2D eigenvalue weighted by Gasteiger charge is 2.31. The van der Waals surface area contributed by atoms with Crippen molar-refractivity contribution in [2.75, 3.05) is 25.2 Å². The van der Waals surface area contributed by atoms with E-state index in [4.69, 9.17) is 4.74 Å². The summed E-state index contributed by atoms with van der Waals surface area (Å²) >= 11 is 1.96. The summed E-state index contributed by atoms with van der Waals surface area (Å²) in [6.45, 7) is 2.88. The largest absolute Gasteiger partial charge is 0.385 e. The Balaban J connectivity index is 2.01. The van der Waals surface area contributed by atoms with E-state index in [0.29, 0.717) is 6.04 Å². The van der Waals surface area contributed by atoms with Crippen LogP contribution in [0.1, 0.15) is 39.0 Å². The number of hydrogen-bond acceptors (Lipinski definition) is 4. The molecular weight excluding hydrogens is 232 g/mol. The summed E-state index contributed by atoms with van der Waals surface area (Å²) in [6.07, 6.45) is 5.67. The molecule has 0 bridgehead atoms. The molecule has 1 fully saturated rings. The van der Waals surface area contributed by atoms with Gasteiger partial charge in [0.2, 0.25) is 0 Å². The Morgan fingerprint density at radius 3 is 2.71 bits per heavy atom. The average Bonchev–Trinajstić information content (AvgIpc) is 3.12. The van der Waals surface area contributed by atoms with Gasteiger partial charge in [0.15, 0.2) is 0 Å². The molecule has 0 aromatic rings. The Morgan fingerprint density at radius 2 is 2.12 bits per heavy atom. The number of rotatable bonds is 10. The Bertz CT molecular complexity index is 250. The molecule has 0 aliphatic heterocycles. The van der Waals surface area contributed by atoms with Gasteiger partial charge in [-0.15, -0.1) is 0 Å². The molecule has 0 heterocycles. The third-order valence-electron chi connectivity index (χ3n) is 2.95. The first-order valence-corrected chi connectivity index (χ1v) is 7.61. The molecule has 1 rings (SSSR count). The van der Waals surface area contributed by atoms with E-state index in [1.54, 1.807) is 7.11 Å². The van der Waals surface area contributed by atoms with E-state index in [1.807, 2.05) is 18.7 Å². The van der Waals surface area contributed by atoms with E-state index in [0.717, 1.165) is 37.4 Å². The number of nitriles is 1. The molecule has 3 nitrogen and oxygen atoms in total. The van der Waals surface area contributed by atoms with Gasteiger partial charge in [0.1, 0.15) is 5.54 Å². The van der Waals surface area contributed by atoms with Crippen molar-refractivity contribution >= 4 is 11.8 Å². The molecule has 1 saturated carbocycles. The minimum Gasteiger partial charge on any atom is -0.385 e. The van der Waals surface area contributed by atoms with Crippen molar-refractivity contribution in [1.29, 1.82) is 5.26 Å². The van der Waals surface area contributed by atoms with Crippen molar-refractivity contribution in [2.45, 2.75) is 50.6 Å². The van der Waals surface area contributed by atoms with E-state index < -0.39 is 0 Å². The van der Waals surface area contributed by atoms with Gasteiger partial charge >= 0.3 is 0 Å². The van der Waals surface area contributed by atoms with Crippen LogP contribution in [0.3, 0.4) is 0 Å². The fourth-order valence-corrected chi connectivity index (χ4v) is 2.65. The summed E-state index contributed by atoms with van der Waals surface area (Å²) in [5.74, 6) is 2.31. The van der Waals surface area contributed by atoms with Crippen molar-refractivity contribution in [3.8, 4) is 6.07 Å². The molecule has 1 N–H and O–H groups in total. The predicted molar refractivity (Wildman–Crippen MR) is 73.2 cm³/mol. The quantitative estimate of drug-likeness (QED) is 0.610. The lowest BCUT2D eigenvalue weighted by Crippen LogP contribution is -2.42. The zero-order chi connectivity index (χ0) is 12.6. The van der Waals surface area contributed by atoms with Crippen LogP contribution in [0.25, 0.3) is 0 Å². The monoisotopic (exact) mass is 256 g/mol. The van der Waals surface area contributed by atoms with Gasteiger partial charge in [-0.05, 0) is 50.5 Å². The van der Waals surface area contributed by atoms with Crippen LogP contribution in [0.15, 0.2) is 0 Å². The number of methoxy groups -OCH3 is 1. The first-order chi connectivity index (χ1) is 8.20. The predicted octanol–water partition coefficient (Wildman–Crippen LogP) is 2.57. The highest BCUT2D eigenvalue weighted by Crippen LogP contribution is 2.24. The van der Waals surface area contributed by atoms with Crippen LogP contribution in [0.5, 0.6) is 0 Å². The standard InChI is InChI=1S/C13H24N2OS/c1-13(11-14,15-12-5-6-12)7-3-9-17-10-4-8-16-2/h12,15H,3-10H2,1-2H3. The van der Waals surface area contributed by atoms with Gasteiger partial charge in [-0.25, -0.2) is 0 Å². The summed E-state index contributed by atoms with van der Waals surface area (Å²) in [5.41, 5.74) is -0.311. The molecule has 0 aromatic heterocycles. The van der Waals surface area contributed by atoms with Gasteiger partial charge < -0.3 is 4.74 Å².